The average Bonchev–Trinajstić information content (AvgIpc) is 2.72. The molecule has 1 aromatic carbocycles. The average molecular weight is 347 g/mol. The first-order valence-corrected chi connectivity index (χ1v) is 7.53. The minimum atomic E-state index is 0.856. The molecule has 2 aromatic rings. The minimum Gasteiger partial charge on any atom is -0.192 e. The second kappa shape index (κ2) is 5.23. The van der Waals surface area contributed by atoms with E-state index < -0.39 is 0 Å². The maximum Gasteiger partial charge on any atom is 0.0884 e. The number of aromatic nitrogens is 1. The second-order valence-electron chi connectivity index (χ2n) is 3.07. The van der Waals surface area contributed by atoms with Crippen molar-refractivity contribution >= 4 is 43.4 Å². The molecular weight excluding hydrogens is 338 g/mol. The van der Waals surface area contributed by atoms with Crippen molar-refractivity contribution in [1.29, 1.82) is 0 Å². The lowest BCUT2D eigenvalue weighted by Gasteiger charge is -2.00. The summed E-state index contributed by atoms with van der Waals surface area (Å²) in [5.41, 5.74) is 3.59. The van der Waals surface area contributed by atoms with Crippen LogP contribution in [0.1, 0.15) is 10.4 Å². The summed E-state index contributed by atoms with van der Waals surface area (Å²) < 4.78 is 4.51. The molecule has 0 aliphatic heterocycles. The Labute approximate surface area is 110 Å². The van der Waals surface area contributed by atoms with Gasteiger partial charge in [0.15, 0.2) is 0 Å². The van der Waals surface area contributed by atoms with Crippen LogP contribution in [0.4, 0.5) is 0 Å². The third-order valence-corrected chi connectivity index (χ3v) is 4.55. The van der Waals surface area contributed by atoms with Crippen LogP contribution in [0, 0.1) is 0 Å². The quantitative estimate of drug-likeness (QED) is 0.740. The van der Waals surface area contributed by atoms with E-state index in [2.05, 4.69) is 48.4 Å². The maximum atomic E-state index is 4.51. The van der Waals surface area contributed by atoms with Crippen LogP contribution in [-0.4, -0.2) is 4.37 Å². The van der Waals surface area contributed by atoms with Crippen LogP contribution in [-0.2, 0) is 10.7 Å². The molecule has 0 fully saturated rings. The van der Waals surface area contributed by atoms with E-state index in [0.717, 1.165) is 16.4 Å². The molecular formula is C11H9Br2NS. The van der Waals surface area contributed by atoms with Crippen molar-refractivity contribution in [2.75, 3.05) is 0 Å². The minimum absolute atomic E-state index is 0.856. The summed E-state index contributed by atoms with van der Waals surface area (Å²) in [6, 6.07) is 10.3. The number of halogens is 2. The van der Waals surface area contributed by atoms with Gasteiger partial charge in [0.2, 0.25) is 0 Å². The van der Waals surface area contributed by atoms with Gasteiger partial charge in [-0.25, -0.2) is 0 Å². The molecule has 0 spiro atoms. The molecule has 0 unspecified atom stereocenters. The number of hydrogen-bond donors (Lipinski definition) is 0. The van der Waals surface area contributed by atoms with Gasteiger partial charge in [-0.2, -0.15) is 4.37 Å². The van der Waals surface area contributed by atoms with E-state index >= 15 is 0 Å². The number of nitrogens with zero attached hydrogens (tertiary/aromatic N) is 1. The Morgan fingerprint density at radius 2 is 1.80 bits per heavy atom. The molecule has 0 saturated carbocycles. The van der Waals surface area contributed by atoms with Gasteiger partial charge in [0.25, 0.3) is 0 Å². The van der Waals surface area contributed by atoms with Gasteiger partial charge in [0, 0.05) is 26.7 Å². The van der Waals surface area contributed by atoms with Crippen LogP contribution in [0.15, 0.2) is 30.3 Å². The fraction of sp³-hybridized carbons (Fsp3) is 0.182. The standard InChI is InChI=1S/C11H9Br2NS/c12-6-9-10(7-13)15-14-11(9)8-4-2-1-3-5-8/h1-5H,6-7H2. The summed E-state index contributed by atoms with van der Waals surface area (Å²) in [4.78, 5) is 1.30. The van der Waals surface area contributed by atoms with E-state index in [9.17, 15) is 0 Å². The van der Waals surface area contributed by atoms with Crippen LogP contribution in [0.25, 0.3) is 11.3 Å². The van der Waals surface area contributed by atoms with Crippen molar-refractivity contribution in [3.63, 3.8) is 0 Å². The molecule has 0 saturated heterocycles. The van der Waals surface area contributed by atoms with Crippen molar-refractivity contribution in [3.05, 3.63) is 40.8 Å². The van der Waals surface area contributed by atoms with Gasteiger partial charge in [0.05, 0.1) is 5.69 Å². The molecule has 1 aromatic heterocycles. The van der Waals surface area contributed by atoms with Crippen LogP contribution in [0.5, 0.6) is 0 Å². The number of benzene rings is 1. The van der Waals surface area contributed by atoms with Gasteiger partial charge in [-0.3, -0.25) is 0 Å². The molecule has 2 rings (SSSR count). The first-order valence-electron chi connectivity index (χ1n) is 4.51. The van der Waals surface area contributed by atoms with Crippen molar-refractivity contribution in [2.45, 2.75) is 10.7 Å². The predicted octanol–water partition coefficient (Wildman–Crippen LogP) is 4.60. The van der Waals surface area contributed by atoms with Gasteiger partial charge < -0.3 is 0 Å². The zero-order valence-corrected chi connectivity index (χ0v) is 11.9. The number of alkyl halides is 2. The van der Waals surface area contributed by atoms with Crippen molar-refractivity contribution in [1.82, 2.24) is 4.37 Å². The van der Waals surface area contributed by atoms with Gasteiger partial charge in [-0.15, -0.1) is 0 Å². The normalized spacial score (nSPS) is 10.5. The third-order valence-electron chi connectivity index (χ3n) is 2.17. The Morgan fingerprint density at radius 3 is 2.40 bits per heavy atom. The predicted molar refractivity (Wildman–Crippen MR) is 72.8 cm³/mol. The first-order chi connectivity index (χ1) is 7.36. The van der Waals surface area contributed by atoms with E-state index in [-0.39, 0.29) is 0 Å². The molecule has 15 heavy (non-hydrogen) atoms. The van der Waals surface area contributed by atoms with Gasteiger partial charge >= 0.3 is 0 Å². The lowest BCUT2D eigenvalue weighted by Crippen LogP contribution is -1.85. The van der Waals surface area contributed by atoms with E-state index in [0.29, 0.717) is 0 Å². The molecule has 1 nitrogen and oxygen atoms in total. The highest BCUT2D eigenvalue weighted by Crippen LogP contribution is 2.31. The van der Waals surface area contributed by atoms with Crippen LogP contribution < -0.4 is 0 Å². The SMILES string of the molecule is BrCc1snc(-c2ccccc2)c1CBr. The number of rotatable bonds is 3. The van der Waals surface area contributed by atoms with Gasteiger partial charge in [0.1, 0.15) is 0 Å². The van der Waals surface area contributed by atoms with Crippen molar-refractivity contribution in [3.8, 4) is 11.3 Å². The van der Waals surface area contributed by atoms with E-state index in [1.807, 2.05) is 18.2 Å². The molecule has 1 heterocycles. The Morgan fingerprint density at radius 1 is 1.07 bits per heavy atom. The molecule has 78 valence electrons. The summed E-state index contributed by atoms with van der Waals surface area (Å²) in [7, 11) is 0. The summed E-state index contributed by atoms with van der Waals surface area (Å²) in [6.45, 7) is 0. The topological polar surface area (TPSA) is 12.9 Å². The Kier molecular flexibility index (Phi) is 3.94. The maximum absolute atomic E-state index is 4.51. The lowest BCUT2D eigenvalue weighted by atomic mass is 10.1. The van der Waals surface area contributed by atoms with E-state index in [4.69, 9.17) is 0 Å². The van der Waals surface area contributed by atoms with Crippen LogP contribution >= 0.6 is 43.4 Å². The Hall–Kier alpha value is -0.190. The lowest BCUT2D eigenvalue weighted by molar-refractivity contribution is 1.36. The highest BCUT2D eigenvalue weighted by molar-refractivity contribution is 9.09. The van der Waals surface area contributed by atoms with Crippen molar-refractivity contribution < 1.29 is 0 Å². The molecule has 0 amide bonds. The van der Waals surface area contributed by atoms with E-state index in [1.165, 1.54) is 16.0 Å². The molecule has 0 atom stereocenters. The highest BCUT2D eigenvalue weighted by atomic mass is 79.9. The highest BCUT2D eigenvalue weighted by Gasteiger charge is 2.12. The molecule has 0 N–H and O–H groups in total. The Bertz CT molecular complexity index is 439. The fourth-order valence-corrected chi connectivity index (χ4v) is 3.59. The monoisotopic (exact) mass is 345 g/mol. The third kappa shape index (κ3) is 2.32. The van der Waals surface area contributed by atoms with Crippen molar-refractivity contribution in [2.24, 2.45) is 0 Å². The van der Waals surface area contributed by atoms with Crippen LogP contribution in [0.3, 0.4) is 0 Å². The second-order valence-corrected chi connectivity index (χ2v) is 5.05. The van der Waals surface area contributed by atoms with Crippen LogP contribution in [0.2, 0.25) is 0 Å². The molecule has 0 bridgehead atoms. The summed E-state index contributed by atoms with van der Waals surface area (Å²) in [5, 5.41) is 1.73. The fourth-order valence-electron chi connectivity index (χ4n) is 1.41. The smallest absolute Gasteiger partial charge is 0.0884 e. The summed E-state index contributed by atoms with van der Waals surface area (Å²) >= 11 is 8.58. The van der Waals surface area contributed by atoms with E-state index in [1.54, 1.807) is 11.5 Å². The molecule has 0 aliphatic rings. The number of hydrogen-bond acceptors (Lipinski definition) is 2. The largest absolute Gasteiger partial charge is 0.192 e. The summed E-state index contributed by atoms with van der Waals surface area (Å²) in [5.74, 6) is 0. The zero-order valence-electron chi connectivity index (χ0n) is 7.91. The molecule has 4 heteroatoms. The van der Waals surface area contributed by atoms with Gasteiger partial charge in [-0.1, -0.05) is 62.2 Å². The Balaban J connectivity index is 2.49. The summed E-state index contributed by atoms with van der Waals surface area (Å²) in [6.07, 6.45) is 0. The first kappa shape index (κ1) is 11.3. The molecule has 0 aliphatic carbocycles. The molecule has 0 radical (unpaired) electrons. The van der Waals surface area contributed by atoms with Gasteiger partial charge in [-0.05, 0) is 11.5 Å². The zero-order chi connectivity index (χ0) is 10.7.